The van der Waals surface area contributed by atoms with Crippen molar-refractivity contribution in [2.75, 3.05) is 17.4 Å². The second-order valence-electron chi connectivity index (χ2n) is 6.14. The summed E-state index contributed by atoms with van der Waals surface area (Å²) in [5.74, 6) is 8.80. The first kappa shape index (κ1) is 13.6. The van der Waals surface area contributed by atoms with E-state index in [2.05, 4.69) is 22.4 Å². The van der Waals surface area contributed by atoms with Crippen LogP contribution in [0.25, 0.3) is 0 Å². The van der Waals surface area contributed by atoms with Gasteiger partial charge in [-0.15, -0.1) is 0 Å². The van der Waals surface area contributed by atoms with E-state index in [1.807, 2.05) is 6.07 Å². The molecule has 0 unspecified atom stereocenters. The first-order valence-electron chi connectivity index (χ1n) is 7.86. The summed E-state index contributed by atoms with van der Waals surface area (Å²) in [7, 11) is 2.16. The SMILES string of the molecule is CN(c1cc(NN)nc(C2CC2)n1)C1CCCCCC1. The van der Waals surface area contributed by atoms with Crippen molar-refractivity contribution in [3.8, 4) is 0 Å². The summed E-state index contributed by atoms with van der Waals surface area (Å²) in [6.45, 7) is 0. The van der Waals surface area contributed by atoms with Crippen molar-refractivity contribution in [1.29, 1.82) is 0 Å². The van der Waals surface area contributed by atoms with Crippen molar-refractivity contribution in [3.63, 3.8) is 0 Å². The van der Waals surface area contributed by atoms with Gasteiger partial charge in [0, 0.05) is 25.1 Å². The number of nitrogen functional groups attached to an aromatic ring is 1. The Morgan fingerprint density at radius 1 is 1.10 bits per heavy atom. The molecule has 2 aliphatic rings. The van der Waals surface area contributed by atoms with Crippen molar-refractivity contribution in [2.24, 2.45) is 5.84 Å². The van der Waals surface area contributed by atoms with E-state index in [9.17, 15) is 0 Å². The predicted molar refractivity (Wildman–Crippen MR) is 81.7 cm³/mol. The van der Waals surface area contributed by atoms with E-state index in [4.69, 9.17) is 10.8 Å². The van der Waals surface area contributed by atoms with Crippen molar-refractivity contribution in [1.82, 2.24) is 9.97 Å². The third kappa shape index (κ3) is 3.03. The maximum Gasteiger partial charge on any atom is 0.145 e. The molecule has 110 valence electrons. The monoisotopic (exact) mass is 275 g/mol. The Labute approximate surface area is 120 Å². The third-order valence-electron chi connectivity index (χ3n) is 4.55. The van der Waals surface area contributed by atoms with Gasteiger partial charge in [-0.25, -0.2) is 15.8 Å². The van der Waals surface area contributed by atoms with Gasteiger partial charge in [-0.05, 0) is 25.7 Å². The Morgan fingerprint density at radius 2 is 1.80 bits per heavy atom. The molecular formula is C15H25N5. The van der Waals surface area contributed by atoms with Crippen LogP contribution in [0.1, 0.15) is 63.1 Å². The average molecular weight is 275 g/mol. The van der Waals surface area contributed by atoms with E-state index in [0.717, 1.165) is 17.5 Å². The zero-order valence-electron chi connectivity index (χ0n) is 12.3. The quantitative estimate of drug-likeness (QED) is 0.502. The predicted octanol–water partition coefficient (Wildman–Crippen LogP) is 2.80. The van der Waals surface area contributed by atoms with Gasteiger partial charge in [0.25, 0.3) is 0 Å². The highest BCUT2D eigenvalue weighted by Gasteiger charge is 2.28. The van der Waals surface area contributed by atoms with Crippen LogP contribution in [0.4, 0.5) is 11.6 Å². The molecule has 1 heterocycles. The highest BCUT2D eigenvalue weighted by Crippen LogP contribution is 2.39. The number of nitrogens with zero attached hydrogens (tertiary/aromatic N) is 3. The molecule has 0 amide bonds. The molecule has 2 fully saturated rings. The van der Waals surface area contributed by atoms with Gasteiger partial charge in [-0.1, -0.05) is 25.7 Å². The van der Waals surface area contributed by atoms with Crippen LogP contribution in [0.15, 0.2) is 6.07 Å². The van der Waals surface area contributed by atoms with Crippen LogP contribution in [-0.4, -0.2) is 23.1 Å². The standard InChI is InChI=1S/C15H25N5/c1-20(12-6-4-2-3-5-7-12)14-10-13(19-16)17-15(18-14)11-8-9-11/h10-12H,2-9,16H2,1H3,(H,17,18,19). The molecule has 0 radical (unpaired) electrons. The molecule has 0 aliphatic heterocycles. The zero-order valence-corrected chi connectivity index (χ0v) is 12.3. The van der Waals surface area contributed by atoms with Gasteiger partial charge in [0.2, 0.25) is 0 Å². The van der Waals surface area contributed by atoms with Gasteiger partial charge in [0.05, 0.1) is 0 Å². The number of hydrogen-bond acceptors (Lipinski definition) is 5. The number of hydrazine groups is 1. The van der Waals surface area contributed by atoms with Gasteiger partial charge in [-0.3, -0.25) is 0 Å². The number of nitrogens with one attached hydrogen (secondary N) is 1. The third-order valence-corrected chi connectivity index (χ3v) is 4.55. The van der Waals surface area contributed by atoms with Crippen molar-refractivity contribution in [2.45, 2.75) is 63.3 Å². The number of anilines is 2. The fourth-order valence-electron chi connectivity index (χ4n) is 3.06. The van der Waals surface area contributed by atoms with E-state index >= 15 is 0 Å². The van der Waals surface area contributed by atoms with Crippen LogP contribution in [0, 0.1) is 0 Å². The molecule has 3 rings (SSSR count). The Balaban J connectivity index is 1.81. The highest BCUT2D eigenvalue weighted by molar-refractivity contribution is 5.49. The maximum absolute atomic E-state index is 5.55. The maximum atomic E-state index is 5.55. The van der Waals surface area contributed by atoms with Crippen molar-refractivity contribution >= 4 is 11.6 Å². The largest absolute Gasteiger partial charge is 0.357 e. The van der Waals surface area contributed by atoms with Gasteiger partial charge < -0.3 is 10.3 Å². The van der Waals surface area contributed by atoms with E-state index in [0.29, 0.717) is 12.0 Å². The van der Waals surface area contributed by atoms with E-state index in [-0.39, 0.29) is 0 Å². The normalized spacial score (nSPS) is 20.5. The molecule has 0 bridgehead atoms. The fraction of sp³-hybridized carbons (Fsp3) is 0.733. The summed E-state index contributed by atoms with van der Waals surface area (Å²) in [6, 6.07) is 2.57. The molecule has 5 heteroatoms. The van der Waals surface area contributed by atoms with E-state index in [1.165, 1.54) is 51.4 Å². The van der Waals surface area contributed by atoms with E-state index in [1.54, 1.807) is 0 Å². The van der Waals surface area contributed by atoms with Crippen LogP contribution < -0.4 is 16.2 Å². The smallest absolute Gasteiger partial charge is 0.145 e. The number of aromatic nitrogens is 2. The Morgan fingerprint density at radius 3 is 2.40 bits per heavy atom. The average Bonchev–Trinajstić information content (AvgIpc) is 3.32. The summed E-state index contributed by atoms with van der Waals surface area (Å²) in [5, 5.41) is 0. The second-order valence-corrected chi connectivity index (χ2v) is 6.14. The summed E-state index contributed by atoms with van der Waals surface area (Å²) in [5.41, 5.74) is 2.68. The molecule has 0 saturated heterocycles. The Hall–Kier alpha value is -1.36. The molecule has 0 spiro atoms. The minimum Gasteiger partial charge on any atom is -0.357 e. The first-order chi connectivity index (χ1) is 9.78. The Bertz CT molecular complexity index is 450. The fourth-order valence-corrected chi connectivity index (χ4v) is 3.06. The van der Waals surface area contributed by atoms with Crippen LogP contribution in [0.5, 0.6) is 0 Å². The molecule has 1 aromatic rings. The van der Waals surface area contributed by atoms with E-state index < -0.39 is 0 Å². The number of rotatable bonds is 4. The number of hydrogen-bond donors (Lipinski definition) is 2. The molecule has 0 atom stereocenters. The molecule has 0 aromatic carbocycles. The lowest BCUT2D eigenvalue weighted by atomic mass is 10.1. The summed E-state index contributed by atoms with van der Waals surface area (Å²) in [6.07, 6.45) is 10.4. The lowest BCUT2D eigenvalue weighted by molar-refractivity contribution is 0.548. The highest BCUT2D eigenvalue weighted by atomic mass is 15.3. The summed E-state index contributed by atoms with van der Waals surface area (Å²) >= 11 is 0. The topological polar surface area (TPSA) is 67.1 Å². The molecule has 2 aliphatic carbocycles. The molecule has 2 saturated carbocycles. The lowest BCUT2D eigenvalue weighted by Crippen LogP contribution is -2.32. The van der Waals surface area contributed by atoms with Crippen molar-refractivity contribution < 1.29 is 0 Å². The number of nitrogens with two attached hydrogens (primary N) is 1. The van der Waals surface area contributed by atoms with Crippen LogP contribution in [-0.2, 0) is 0 Å². The Kier molecular flexibility index (Phi) is 4.05. The molecule has 3 N–H and O–H groups in total. The summed E-state index contributed by atoms with van der Waals surface area (Å²) in [4.78, 5) is 11.6. The first-order valence-corrected chi connectivity index (χ1v) is 7.86. The summed E-state index contributed by atoms with van der Waals surface area (Å²) < 4.78 is 0. The lowest BCUT2D eigenvalue weighted by Gasteiger charge is -2.28. The molecule has 1 aromatic heterocycles. The zero-order chi connectivity index (χ0) is 13.9. The van der Waals surface area contributed by atoms with Gasteiger partial charge in [0.15, 0.2) is 0 Å². The minimum atomic E-state index is 0.546. The molecular weight excluding hydrogens is 250 g/mol. The molecule has 20 heavy (non-hydrogen) atoms. The van der Waals surface area contributed by atoms with Crippen LogP contribution in [0.2, 0.25) is 0 Å². The van der Waals surface area contributed by atoms with Gasteiger partial charge in [-0.2, -0.15) is 0 Å². The second kappa shape index (κ2) is 5.95. The van der Waals surface area contributed by atoms with Gasteiger partial charge >= 0.3 is 0 Å². The van der Waals surface area contributed by atoms with Gasteiger partial charge in [0.1, 0.15) is 17.5 Å². The minimum absolute atomic E-state index is 0.546. The van der Waals surface area contributed by atoms with Crippen LogP contribution >= 0.6 is 0 Å². The van der Waals surface area contributed by atoms with Crippen molar-refractivity contribution in [3.05, 3.63) is 11.9 Å². The molecule has 5 nitrogen and oxygen atoms in total. The van der Waals surface area contributed by atoms with Crippen LogP contribution in [0.3, 0.4) is 0 Å².